The maximum atomic E-state index is 14.4. The van der Waals surface area contributed by atoms with Crippen molar-refractivity contribution in [2.45, 2.75) is 82.7 Å². The summed E-state index contributed by atoms with van der Waals surface area (Å²) in [6.45, 7) is 6.64. The van der Waals surface area contributed by atoms with Crippen molar-refractivity contribution in [1.29, 1.82) is 0 Å². The number of aliphatic hydroxyl groups excluding tert-OH is 2. The van der Waals surface area contributed by atoms with Crippen LogP contribution in [0.4, 0.5) is 9.59 Å². The van der Waals surface area contributed by atoms with Crippen molar-refractivity contribution in [1.82, 2.24) is 10.2 Å². The quantitative estimate of drug-likeness (QED) is 0.0617. The third kappa shape index (κ3) is 9.51. The van der Waals surface area contributed by atoms with E-state index in [1.807, 2.05) is 54.6 Å². The molecule has 2 amide bonds. The van der Waals surface area contributed by atoms with Crippen LogP contribution in [0, 0.1) is 17.8 Å². The molecule has 326 valence electrons. The molecular weight excluding hydrogens is 783 g/mol. The third-order valence-electron chi connectivity index (χ3n) is 12.0. The Morgan fingerprint density at radius 1 is 0.967 bits per heavy atom. The van der Waals surface area contributed by atoms with Crippen LogP contribution in [0.15, 0.2) is 96.2 Å². The van der Waals surface area contributed by atoms with Crippen molar-refractivity contribution in [3.8, 4) is 23.0 Å². The van der Waals surface area contributed by atoms with Crippen molar-refractivity contribution < 1.29 is 53.1 Å². The van der Waals surface area contributed by atoms with Gasteiger partial charge in [-0.15, -0.1) is 6.58 Å². The summed E-state index contributed by atoms with van der Waals surface area (Å²) in [5.41, 5.74) is 4.05. The van der Waals surface area contributed by atoms with Gasteiger partial charge in [-0.3, -0.25) is 4.90 Å². The molecule has 7 rings (SSSR count). The lowest BCUT2D eigenvalue weighted by Crippen LogP contribution is -2.70. The van der Waals surface area contributed by atoms with Gasteiger partial charge in [-0.05, 0) is 91.5 Å². The first kappa shape index (κ1) is 43.5. The van der Waals surface area contributed by atoms with Crippen molar-refractivity contribution >= 4 is 17.9 Å². The fourth-order valence-corrected chi connectivity index (χ4v) is 9.48. The fourth-order valence-electron chi connectivity index (χ4n) is 9.48. The van der Waals surface area contributed by atoms with Gasteiger partial charge in [0, 0.05) is 44.2 Å². The molecule has 0 aromatic heterocycles. The molecule has 3 aromatic carbocycles. The highest BCUT2D eigenvalue weighted by Gasteiger charge is 2.65. The number of carbonyl (C=O) groups is 2. The predicted molar refractivity (Wildman–Crippen MR) is 226 cm³/mol. The second-order valence-electron chi connectivity index (χ2n) is 15.7. The molecule has 61 heavy (non-hydrogen) atoms. The number of oxime groups is 1. The monoisotopic (exact) mass is 839 g/mol. The SMILES string of the molecule is C=CCOC12Oc3ccc(OC(=O)NCc4ccccc4)cc3C3C(CCCCO)C(CCCCO)C=C(C(=NOC)CC1N(Cc1ccc4c(c1)OCO4)C(=O)OCC)C32. The molecule has 2 heterocycles. The van der Waals surface area contributed by atoms with Gasteiger partial charge >= 0.3 is 12.2 Å². The van der Waals surface area contributed by atoms with Gasteiger partial charge in [-0.1, -0.05) is 66.5 Å². The lowest BCUT2D eigenvalue weighted by molar-refractivity contribution is -0.256. The number of nitrogens with one attached hydrogen (secondary N) is 1. The molecule has 6 unspecified atom stereocenters. The number of allylic oxidation sites excluding steroid dienone is 1. The molecule has 4 aliphatic rings. The van der Waals surface area contributed by atoms with Crippen LogP contribution in [0.1, 0.15) is 74.5 Å². The Bertz CT molecular complexity index is 2060. The first-order valence-corrected chi connectivity index (χ1v) is 21.3. The highest BCUT2D eigenvalue weighted by atomic mass is 16.7. The summed E-state index contributed by atoms with van der Waals surface area (Å²) in [5, 5.41) is 27.3. The van der Waals surface area contributed by atoms with Gasteiger partial charge in [0.15, 0.2) is 11.5 Å². The molecule has 14 heteroatoms. The zero-order chi connectivity index (χ0) is 42.8. The van der Waals surface area contributed by atoms with Gasteiger partial charge < -0.3 is 48.8 Å². The highest BCUT2D eigenvalue weighted by Crippen LogP contribution is 2.62. The standard InChI is InChI=1S/C47H57N3O11/c1-4-23-59-47-42(50(46(54)56-5-2)29-32-17-19-40-41(24-32)58-30-57-40)27-38(49-55-3)36-25-33(15-9-11-21-51)35(16-10-12-22-52)43(44(36)47)37-26-34(18-20-39(37)61-47)60-45(53)48-28-31-13-7-6-8-14-31/h4,6-8,13-14,17-20,24-26,33,35,42-44,51-52H,1,5,9-12,15-16,21-23,27-30H2,2-3H3,(H,48,53). The average molecular weight is 840 g/mol. The van der Waals surface area contributed by atoms with Gasteiger partial charge in [0.2, 0.25) is 12.6 Å². The Morgan fingerprint density at radius 3 is 2.49 bits per heavy atom. The van der Waals surface area contributed by atoms with E-state index < -0.39 is 29.9 Å². The molecule has 1 saturated carbocycles. The first-order chi connectivity index (χ1) is 29.8. The van der Waals surface area contributed by atoms with Crippen LogP contribution in [-0.4, -0.2) is 85.2 Å². The molecule has 2 aliphatic carbocycles. The summed E-state index contributed by atoms with van der Waals surface area (Å²) < 4.78 is 37.3. The van der Waals surface area contributed by atoms with Gasteiger partial charge in [-0.25, -0.2) is 9.59 Å². The highest BCUT2D eigenvalue weighted by molar-refractivity contribution is 6.03. The van der Waals surface area contributed by atoms with Gasteiger partial charge in [0.25, 0.3) is 0 Å². The van der Waals surface area contributed by atoms with E-state index in [0.29, 0.717) is 48.1 Å². The first-order valence-electron chi connectivity index (χ1n) is 21.3. The molecule has 0 radical (unpaired) electrons. The van der Waals surface area contributed by atoms with Gasteiger partial charge in [-0.2, -0.15) is 0 Å². The van der Waals surface area contributed by atoms with Crippen molar-refractivity contribution in [2.75, 3.05) is 40.3 Å². The molecule has 3 N–H and O–H groups in total. The minimum Gasteiger partial charge on any atom is -0.459 e. The Labute approximate surface area is 357 Å². The third-order valence-corrected chi connectivity index (χ3v) is 12.0. The molecular formula is C47H57N3O11. The van der Waals surface area contributed by atoms with E-state index in [1.54, 1.807) is 30.0 Å². The fraction of sp³-hybridized carbons (Fsp3) is 0.468. The number of hydrogen-bond acceptors (Lipinski definition) is 12. The summed E-state index contributed by atoms with van der Waals surface area (Å²) in [4.78, 5) is 34.8. The Morgan fingerprint density at radius 2 is 1.74 bits per heavy atom. The van der Waals surface area contributed by atoms with Crippen molar-refractivity contribution in [3.05, 3.63) is 108 Å². The predicted octanol–water partition coefficient (Wildman–Crippen LogP) is 7.63. The van der Waals surface area contributed by atoms with Crippen LogP contribution in [0.25, 0.3) is 0 Å². The minimum atomic E-state index is -1.51. The van der Waals surface area contributed by atoms with Gasteiger partial charge in [0.1, 0.15) is 24.7 Å². The summed E-state index contributed by atoms with van der Waals surface area (Å²) in [5.74, 6) is -0.326. The number of fused-ring (bicyclic) bond motifs is 3. The molecule has 3 aromatic rings. The minimum absolute atomic E-state index is 0.0247. The molecule has 1 fully saturated rings. The number of nitrogens with zero attached hydrogens (tertiary/aromatic N) is 2. The number of carbonyl (C=O) groups excluding carboxylic acids is 2. The number of benzene rings is 3. The van der Waals surface area contributed by atoms with E-state index in [0.717, 1.165) is 47.9 Å². The number of unbranched alkanes of at least 4 members (excludes halogenated alkanes) is 2. The van der Waals surface area contributed by atoms with E-state index in [9.17, 15) is 19.8 Å². The number of hydrogen-bond donors (Lipinski definition) is 3. The smallest absolute Gasteiger partial charge is 0.412 e. The van der Waals surface area contributed by atoms with Crippen molar-refractivity contribution in [3.63, 3.8) is 0 Å². The summed E-state index contributed by atoms with van der Waals surface area (Å²) in [7, 11) is 1.50. The Hall–Kier alpha value is -5.57. The topological polar surface area (TPSA) is 167 Å². The lowest BCUT2D eigenvalue weighted by Gasteiger charge is -2.59. The number of aliphatic hydroxyl groups is 2. The Balaban J connectivity index is 1.38. The molecule has 6 atom stereocenters. The zero-order valence-corrected chi connectivity index (χ0v) is 35.0. The van der Waals surface area contributed by atoms with Crippen LogP contribution < -0.4 is 24.3 Å². The molecule has 0 bridgehead atoms. The summed E-state index contributed by atoms with van der Waals surface area (Å²) in [6, 6.07) is 19.7. The Kier molecular flexibility index (Phi) is 14.5. The van der Waals surface area contributed by atoms with Crippen LogP contribution in [0.3, 0.4) is 0 Å². The van der Waals surface area contributed by atoms with E-state index in [2.05, 4.69) is 23.1 Å². The van der Waals surface area contributed by atoms with E-state index >= 15 is 0 Å². The van der Waals surface area contributed by atoms with Crippen LogP contribution in [0.5, 0.6) is 23.0 Å². The zero-order valence-electron chi connectivity index (χ0n) is 35.0. The maximum Gasteiger partial charge on any atom is 0.412 e. The number of amides is 2. The van der Waals surface area contributed by atoms with Crippen molar-refractivity contribution in [2.24, 2.45) is 22.9 Å². The van der Waals surface area contributed by atoms with E-state index in [-0.39, 0.29) is 63.9 Å². The average Bonchev–Trinajstić information content (AvgIpc) is 3.74. The summed E-state index contributed by atoms with van der Waals surface area (Å²) in [6.07, 6.45) is 7.29. The molecule has 2 aliphatic heterocycles. The largest absolute Gasteiger partial charge is 0.459 e. The number of ether oxygens (including phenoxy) is 6. The lowest BCUT2D eigenvalue weighted by atomic mass is 9.55. The molecule has 0 spiro atoms. The molecule has 0 saturated heterocycles. The second kappa shape index (κ2) is 20.3. The van der Waals surface area contributed by atoms with Crippen LogP contribution in [-0.2, 0) is 27.4 Å². The molecule has 14 nitrogen and oxygen atoms in total. The van der Waals surface area contributed by atoms with E-state index in [1.165, 1.54) is 7.11 Å². The van der Waals surface area contributed by atoms with Crippen LogP contribution >= 0.6 is 0 Å². The van der Waals surface area contributed by atoms with Crippen LogP contribution in [0.2, 0.25) is 0 Å². The van der Waals surface area contributed by atoms with Gasteiger partial charge in [0.05, 0.1) is 24.8 Å². The normalized spacial score (nSPS) is 23.8. The van der Waals surface area contributed by atoms with E-state index in [4.69, 9.17) is 33.3 Å². The maximum absolute atomic E-state index is 14.4. The summed E-state index contributed by atoms with van der Waals surface area (Å²) >= 11 is 0. The second-order valence-corrected chi connectivity index (χ2v) is 15.7. The number of rotatable bonds is 19.